The smallest absolute Gasteiger partial charge is 0.0839 e. The van der Waals surface area contributed by atoms with Gasteiger partial charge >= 0.3 is 0 Å². The molecule has 0 heterocycles. The minimum Gasteiger partial charge on any atom is -0.411 e. The van der Waals surface area contributed by atoms with E-state index in [1.54, 1.807) is 0 Å². The van der Waals surface area contributed by atoms with Crippen molar-refractivity contribution in [3.63, 3.8) is 0 Å². The van der Waals surface area contributed by atoms with Crippen LogP contribution in [0.5, 0.6) is 0 Å². The first-order valence-electron chi connectivity index (χ1n) is 7.60. The number of aryl methyl sites for hydroxylation is 1. The highest BCUT2D eigenvalue weighted by Crippen LogP contribution is 2.46. The van der Waals surface area contributed by atoms with E-state index in [4.69, 9.17) is 5.21 Å². The summed E-state index contributed by atoms with van der Waals surface area (Å²) in [5.74, 6) is 0. The summed E-state index contributed by atoms with van der Waals surface area (Å²) in [4.78, 5) is 0. The van der Waals surface area contributed by atoms with Crippen molar-refractivity contribution in [2.24, 2.45) is 5.16 Å². The van der Waals surface area contributed by atoms with Crippen LogP contribution in [-0.2, 0) is 17.3 Å². The number of rotatable bonds is 2. The van der Waals surface area contributed by atoms with Gasteiger partial charge in [-0.3, -0.25) is 0 Å². The number of nitrogens with zero attached hydrogens (tertiary/aromatic N) is 1. The standard InChI is InChI=1S/C18H27NO/c1-7-13-10-15-16(11-14(13)12(2)19-20)18(5,6)9-8-17(15,3)4/h10-11,20H,7-9H2,1-6H3. The van der Waals surface area contributed by atoms with E-state index in [-0.39, 0.29) is 10.8 Å². The fraction of sp³-hybridized carbons (Fsp3) is 0.611. The summed E-state index contributed by atoms with van der Waals surface area (Å²) in [7, 11) is 0. The summed E-state index contributed by atoms with van der Waals surface area (Å²) in [6.45, 7) is 13.4. The first-order chi connectivity index (χ1) is 9.23. The normalized spacial score (nSPS) is 20.6. The molecule has 0 unspecified atom stereocenters. The quantitative estimate of drug-likeness (QED) is 0.469. The summed E-state index contributed by atoms with van der Waals surface area (Å²) in [6, 6.07) is 4.62. The van der Waals surface area contributed by atoms with Gasteiger partial charge in [-0.1, -0.05) is 45.8 Å². The average molecular weight is 273 g/mol. The second-order valence-electron chi connectivity index (χ2n) is 7.36. The Morgan fingerprint density at radius 2 is 1.60 bits per heavy atom. The molecule has 2 nitrogen and oxygen atoms in total. The van der Waals surface area contributed by atoms with Gasteiger partial charge in [-0.2, -0.15) is 0 Å². The molecule has 1 aliphatic rings. The zero-order valence-corrected chi connectivity index (χ0v) is 13.7. The molecule has 1 aromatic carbocycles. The molecule has 0 saturated heterocycles. The van der Waals surface area contributed by atoms with Crippen molar-refractivity contribution in [1.82, 2.24) is 0 Å². The van der Waals surface area contributed by atoms with Crippen LogP contribution in [0.4, 0.5) is 0 Å². The average Bonchev–Trinajstić information content (AvgIpc) is 2.42. The molecule has 1 N–H and O–H groups in total. The van der Waals surface area contributed by atoms with Crippen LogP contribution in [0, 0.1) is 0 Å². The maximum absolute atomic E-state index is 9.13. The van der Waals surface area contributed by atoms with Gasteiger partial charge in [0.05, 0.1) is 5.71 Å². The molecular weight excluding hydrogens is 246 g/mol. The molecule has 0 aliphatic heterocycles. The Kier molecular flexibility index (Phi) is 3.70. The summed E-state index contributed by atoms with van der Waals surface area (Å²) in [5, 5.41) is 12.6. The van der Waals surface area contributed by atoms with Gasteiger partial charge in [0, 0.05) is 5.56 Å². The van der Waals surface area contributed by atoms with E-state index in [1.165, 1.54) is 29.5 Å². The van der Waals surface area contributed by atoms with Crippen molar-refractivity contribution in [2.75, 3.05) is 0 Å². The predicted octanol–water partition coefficient (Wildman–Crippen LogP) is 4.80. The Bertz CT molecular complexity index is 553. The molecule has 1 aromatic rings. The second-order valence-corrected chi connectivity index (χ2v) is 7.36. The Labute approximate surface area is 122 Å². The van der Waals surface area contributed by atoms with Gasteiger partial charge in [0.15, 0.2) is 0 Å². The zero-order chi connectivity index (χ0) is 15.1. The van der Waals surface area contributed by atoms with Crippen molar-refractivity contribution in [2.45, 2.75) is 71.6 Å². The van der Waals surface area contributed by atoms with Crippen molar-refractivity contribution in [3.05, 3.63) is 34.4 Å². The highest BCUT2D eigenvalue weighted by Gasteiger charge is 2.37. The van der Waals surface area contributed by atoms with E-state index in [0.717, 1.165) is 12.0 Å². The van der Waals surface area contributed by atoms with E-state index in [0.29, 0.717) is 5.71 Å². The Balaban J connectivity index is 2.74. The highest BCUT2D eigenvalue weighted by atomic mass is 16.4. The minimum atomic E-state index is 0.196. The highest BCUT2D eigenvalue weighted by molar-refractivity contribution is 6.00. The lowest BCUT2D eigenvalue weighted by molar-refractivity contribution is 0.318. The Hall–Kier alpha value is -1.31. The molecule has 2 heteroatoms. The molecule has 0 radical (unpaired) electrons. The molecule has 0 spiro atoms. The van der Waals surface area contributed by atoms with Crippen LogP contribution >= 0.6 is 0 Å². The first kappa shape index (κ1) is 15.1. The topological polar surface area (TPSA) is 32.6 Å². The van der Waals surface area contributed by atoms with Gasteiger partial charge < -0.3 is 5.21 Å². The van der Waals surface area contributed by atoms with E-state index < -0.39 is 0 Å². The van der Waals surface area contributed by atoms with Crippen molar-refractivity contribution >= 4 is 5.71 Å². The molecule has 110 valence electrons. The molecule has 0 bridgehead atoms. The monoisotopic (exact) mass is 273 g/mol. The number of oxime groups is 1. The molecule has 0 aromatic heterocycles. The maximum Gasteiger partial charge on any atom is 0.0839 e. The lowest BCUT2D eigenvalue weighted by atomic mass is 9.62. The van der Waals surface area contributed by atoms with Crippen molar-refractivity contribution < 1.29 is 5.21 Å². The predicted molar refractivity (Wildman–Crippen MR) is 85.1 cm³/mol. The summed E-state index contributed by atoms with van der Waals surface area (Å²) in [6.07, 6.45) is 3.39. The third-order valence-corrected chi connectivity index (χ3v) is 5.00. The number of hydrogen-bond donors (Lipinski definition) is 1. The summed E-state index contributed by atoms with van der Waals surface area (Å²) in [5.41, 5.74) is 6.41. The molecule has 0 fully saturated rings. The van der Waals surface area contributed by atoms with Crippen LogP contribution in [0.3, 0.4) is 0 Å². The minimum absolute atomic E-state index is 0.196. The third-order valence-electron chi connectivity index (χ3n) is 5.00. The molecule has 2 rings (SSSR count). The van der Waals surface area contributed by atoms with E-state index in [1.807, 2.05) is 6.92 Å². The number of benzene rings is 1. The number of hydrogen-bond acceptors (Lipinski definition) is 2. The lowest BCUT2D eigenvalue weighted by Gasteiger charge is -2.42. The van der Waals surface area contributed by atoms with Crippen LogP contribution < -0.4 is 0 Å². The second kappa shape index (κ2) is 4.91. The van der Waals surface area contributed by atoms with Crippen LogP contribution in [-0.4, -0.2) is 10.9 Å². The molecule has 0 atom stereocenters. The van der Waals surface area contributed by atoms with Gasteiger partial charge in [0.25, 0.3) is 0 Å². The van der Waals surface area contributed by atoms with E-state index >= 15 is 0 Å². The molecule has 0 amide bonds. The molecule has 0 saturated carbocycles. The van der Waals surface area contributed by atoms with Crippen LogP contribution in [0.25, 0.3) is 0 Å². The van der Waals surface area contributed by atoms with Gasteiger partial charge in [0.1, 0.15) is 0 Å². The van der Waals surface area contributed by atoms with E-state index in [9.17, 15) is 0 Å². The third kappa shape index (κ3) is 2.36. The molecule has 1 aliphatic carbocycles. The van der Waals surface area contributed by atoms with Gasteiger partial charge in [0.2, 0.25) is 0 Å². The maximum atomic E-state index is 9.13. The Morgan fingerprint density at radius 3 is 2.05 bits per heavy atom. The fourth-order valence-corrected chi connectivity index (χ4v) is 3.34. The first-order valence-corrected chi connectivity index (χ1v) is 7.60. The summed E-state index contributed by atoms with van der Waals surface area (Å²) >= 11 is 0. The van der Waals surface area contributed by atoms with Crippen LogP contribution in [0.1, 0.15) is 76.6 Å². The summed E-state index contributed by atoms with van der Waals surface area (Å²) < 4.78 is 0. The largest absolute Gasteiger partial charge is 0.411 e. The van der Waals surface area contributed by atoms with Crippen LogP contribution in [0.15, 0.2) is 17.3 Å². The van der Waals surface area contributed by atoms with Gasteiger partial charge in [-0.25, -0.2) is 0 Å². The van der Waals surface area contributed by atoms with Gasteiger partial charge in [-0.15, -0.1) is 0 Å². The lowest BCUT2D eigenvalue weighted by Crippen LogP contribution is -2.34. The van der Waals surface area contributed by atoms with Gasteiger partial charge in [-0.05, 0) is 59.8 Å². The fourth-order valence-electron chi connectivity index (χ4n) is 3.34. The zero-order valence-electron chi connectivity index (χ0n) is 13.7. The molecular formula is C18H27NO. The van der Waals surface area contributed by atoms with E-state index in [2.05, 4.69) is 51.9 Å². The number of fused-ring (bicyclic) bond motifs is 1. The molecule has 20 heavy (non-hydrogen) atoms. The SMILES string of the molecule is CCc1cc2c(cc1C(C)=NO)C(C)(C)CCC2(C)C. The van der Waals surface area contributed by atoms with Crippen molar-refractivity contribution in [1.29, 1.82) is 0 Å². The Morgan fingerprint density at radius 1 is 1.10 bits per heavy atom. The van der Waals surface area contributed by atoms with Crippen molar-refractivity contribution in [3.8, 4) is 0 Å². The van der Waals surface area contributed by atoms with Crippen LogP contribution in [0.2, 0.25) is 0 Å².